The van der Waals surface area contributed by atoms with Crippen molar-refractivity contribution >= 4 is 23.3 Å². The molecule has 0 heterocycles. The third-order valence-electron chi connectivity index (χ3n) is 3.40. The van der Waals surface area contributed by atoms with E-state index in [0.29, 0.717) is 10.7 Å². The van der Waals surface area contributed by atoms with Gasteiger partial charge < -0.3 is 15.7 Å². The number of hydrogen-bond donors (Lipinski definition) is 3. The molecule has 0 spiro atoms. The molecule has 0 bridgehead atoms. The van der Waals surface area contributed by atoms with Gasteiger partial charge in [0.15, 0.2) is 0 Å². The van der Waals surface area contributed by atoms with Crippen LogP contribution in [0.1, 0.15) is 31.2 Å². The highest BCUT2D eigenvalue weighted by Crippen LogP contribution is 2.23. The summed E-state index contributed by atoms with van der Waals surface area (Å²) in [4.78, 5) is 11.9. The van der Waals surface area contributed by atoms with Crippen LogP contribution in [0.5, 0.6) is 0 Å². The summed E-state index contributed by atoms with van der Waals surface area (Å²) in [6.45, 7) is 1.95. The molecule has 0 saturated heterocycles. The number of urea groups is 1. The summed E-state index contributed by atoms with van der Waals surface area (Å²) in [6.07, 6.45) is 2.91. The lowest BCUT2D eigenvalue weighted by atomic mass is 9.93. The van der Waals surface area contributed by atoms with Gasteiger partial charge >= 0.3 is 6.03 Å². The minimum Gasteiger partial charge on any atom is -0.393 e. The van der Waals surface area contributed by atoms with Gasteiger partial charge in [-0.3, -0.25) is 0 Å². The van der Waals surface area contributed by atoms with Crippen molar-refractivity contribution in [2.45, 2.75) is 44.8 Å². The van der Waals surface area contributed by atoms with Gasteiger partial charge in [0, 0.05) is 6.04 Å². The molecule has 2 rings (SSSR count). The third-order valence-corrected chi connectivity index (χ3v) is 3.72. The van der Waals surface area contributed by atoms with Crippen LogP contribution in [0.2, 0.25) is 5.02 Å². The lowest BCUT2D eigenvalue weighted by molar-refractivity contribution is 0.118. The Morgan fingerprint density at radius 1 is 1.32 bits per heavy atom. The fourth-order valence-electron chi connectivity index (χ4n) is 2.29. The average Bonchev–Trinajstić information content (AvgIpc) is 2.36. The fourth-order valence-corrected chi connectivity index (χ4v) is 2.57. The number of carbonyl (C=O) groups is 1. The van der Waals surface area contributed by atoms with Crippen LogP contribution in [0.4, 0.5) is 10.5 Å². The van der Waals surface area contributed by atoms with E-state index >= 15 is 0 Å². The number of rotatable bonds is 2. The second-order valence-electron chi connectivity index (χ2n) is 5.09. The molecule has 104 valence electrons. The van der Waals surface area contributed by atoms with Gasteiger partial charge in [0.1, 0.15) is 0 Å². The van der Waals surface area contributed by atoms with Gasteiger partial charge in [-0.05, 0) is 50.3 Å². The van der Waals surface area contributed by atoms with Gasteiger partial charge in [0.25, 0.3) is 0 Å². The van der Waals surface area contributed by atoms with Crippen LogP contribution in [-0.4, -0.2) is 23.3 Å². The van der Waals surface area contributed by atoms with Crippen LogP contribution in [0, 0.1) is 6.92 Å². The molecule has 19 heavy (non-hydrogen) atoms. The number of amides is 2. The topological polar surface area (TPSA) is 61.4 Å². The van der Waals surface area contributed by atoms with E-state index in [9.17, 15) is 9.90 Å². The minimum atomic E-state index is -0.243. The number of anilines is 1. The second kappa shape index (κ2) is 6.26. The molecule has 1 saturated carbocycles. The summed E-state index contributed by atoms with van der Waals surface area (Å²) >= 11 is 6.06. The van der Waals surface area contributed by atoms with E-state index in [1.807, 2.05) is 19.1 Å². The Hall–Kier alpha value is -1.26. The average molecular weight is 283 g/mol. The summed E-state index contributed by atoms with van der Waals surface area (Å²) in [5.74, 6) is 0. The Morgan fingerprint density at radius 2 is 2.00 bits per heavy atom. The van der Waals surface area contributed by atoms with E-state index in [0.717, 1.165) is 31.2 Å². The number of aliphatic hydroxyl groups excluding tert-OH is 1. The maximum absolute atomic E-state index is 11.9. The zero-order valence-corrected chi connectivity index (χ0v) is 11.7. The molecule has 0 unspecified atom stereocenters. The van der Waals surface area contributed by atoms with Gasteiger partial charge in [-0.1, -0.05) is 17.7 Å². The Kier molecular flexibility index (Phi) is 4.66. The quantitative estimate of drug-likeness (QED) is 0.781. The van der Waals surface area contributed by atoms with E-state index in [1.54, 1.807) is 6.07 Å². The second-order valence-corrected chi connectivity index (χ2v) is 5.49. The van der Waals surface area contributed by atoms with Gasteiger partial charge in [-0.2, -0.15) is 0 Å². The first-order valence-electron chi connectivity index (χ1n) is 6.56. The van der Waals surface area contributed by atoms with Crippen LogP contribution in [0.15, 0.2) is 18.2 Å². The molecule has 2 amide bonds. The molecule has 4 nitrogen and oxygen atoms in total. The van der Waals surface area contributed by atoms with Crippen molar-refractivity contribution in [1.82, 2.24) is 5.32 Å². The maximum atomic E-state index is 11.9. The predicted molar refractivity (Wildman–Crippen MR) is 76.6 cm³/mol. The number of aliphatic hydroxyl groups is 1. The Morgan fingerprint density at radius 3 is 2.63 bits per heavy atom. The van der Waals surface area contributed by atoms with E-state index < -0.39 is 0 Å². The van der Waals surface area contributed by atoms with Crippen LogP contribution < -0.4 is 10.6 Å². The van der Waals surface area contributed by atoms with Crippen molar-refractivity contribution in [3.05, 3.63) is 28.8 Å². The zero-order valence-electron chi connectivity index (χ0n) is 10.9. The summed E-state index contributed by atoms with van der Waals surface area (Å²) in [6, 6.07) is 5.40. The molecule has 0 radical (unpaired) electrons. The molecule has 3 N–H and O–H groups in total. The summed E-state index contributed by atoms with van der Waals surface area (Å²) in [7, 11) is 0. The van der Waals surface area contributed by atoms with Crippen molar-refractivity contribution in [3.8, 4) is 0 Å². The first-order chi connectivity index (χ1) is 9.04. The van der Waals surface area contributed by atoms with Crippen LogP contribution in [-0.2, 0) is 0 Å². The third kappa shape index (κ3) is 4.11. The van der Waals surface area contributed by atoms with E-state index in [-0.39, 0.29) is 18.2 Å². The zero-order chi connectivity index (χ0) is 13.8. The Balaban J connectivity index is 1.87. The highest BCUT2D eigenvalue weighted by atomic mass is 35.5. The first-order valence-corrected chi connectivity index (χ1v) is 6.94. The predicted octanol–water partition coefficient (Wildman–Crippen LogP) is 3.07. The summed E-state index contributed by atoms with van der Waals surface area (Å²) in [5, 5.41) is 15.6. The van der Waals surface area contributed by atoms with Crippen LogP contribution >= 0.6 is 11.6 Å². The minimum absolute atomic E-state index is 0.132. The molecule has 1 aliphatic rings. The van der Waals surface area contributed by atoms with Gasteiger partial charge in [-0.25, -0.2) is 4.79 Å². The number of aryl methyl sites for hydroxylation is 1. The maximum Gasteiger partial charge on any atom is 0.319 e. The van der Waals surface area contributed by atoms with E-state index in [4.69, 9.17) is 11.6 Å². The Labute approximate surface area is 118 Å². The number of hydrogen-bond acceptors (Lipinski definition) is 2. The lowest BCUT2D eigenvalue weighted by Gasteiger charge is -2.26. The van der Waals surface area contributed by atoms with E-state index in [2.05, 4.69) is 10.6 Å². The van der Waals surface area contributed by atoms with Crippen molar-refractivity contribution < 1.29 is 9.90 Å². The highest BCUT2D eigenvalue weighted by Gasteiger charge is 2.20. The summed E-state index contributed by atoms with van der Waals surface area (Å²) < 4.78 is 0. The number of benzene rings is 1. The van der Waals surface area contributed by atoms with E-state index in [1.165, 1.54) is 0 Å². The molecule has 1 aromatic rings. The fraction of sp³-hybridized carbons (Fsp3) is 0.500. The molecule has 0 atom stereocenters. The molecule has 0 aromatic heterocycles. The summed E-state index contributed by atoms with van der Waals surface area (Å²) in [5.41, 5.74) is 1.66. The van der Waals surface area contributed by atoms with Gasteiger partial charge in [0.2, 0.25) is 0 Å². The number of nitrogens with one attached hydrogen (secondary N) is 2. The SMILES string of the molecule is Cc1ccc(NC(=O)NC2CCC(O)CC2)c(Cl)c1. The molecule has 1 fully saturated rings. The van der Waals surface area contributed by atoms with Crippen molar-refractivity contribution in [1.29, 1.82) is 0 Å². The van der Waals surface area contributed by atoms with Crippen molar-refractivity contribution in [2.24, 2.45) is 0 Å². The van der Waals surface area contributed by atoms with Gasteiger partial charge in [0.05, 0.1) is 16.8 Å². The molecular weight excluding hydrogens is 264 g/mol. The number of carbonyl (C=O) groups excluding carboxylic acids is 1. The smallest absolute Gasteiger partial charge is 0.319 e. The van der Waals surface area contributed by atoms with Crippen LogP contribution in [0.3, 0.4) is 0 Å². The molecular formula is C14H19ClN2O2. The van der Waals surface area contributed by atoms with Gasteiger partial charge in [-0.15, -0.1) is 0 Å². The Bertz CT molecular complexity index is 457. The van der Waals surface area contributed by atoms with Crippen molar-refractivity contribution in [2.75, 3.05) is 5.32 Å². The lowest BCUT2D eigenvalue weighted by Crippen LogP contribution is -2.40. The monoisotopic (exact) mass is 282 g/mol. The molecule has 1 aliphatic carbocycles. The van der Waals surface area contributed by atoms with Crippen molar-refractivity contribution in [3.63, 3.8) is 0 Å². The first kappa shape index (κ1) is 14.2. The number of halogens is 1. The van der Waals surface area contributed by atoms with Crippen LogP contribution in [0.25, 0.3) is 0 Å². The largest absolute Gasteiger partial charge is 0.393 e. The standard InChI is InChI=1S/C14H19ClN2O2/c1-9-2-7-13(12(15)8-9)17-14(19)16-10-3-5-11(18)6-4-10/h2,7-8,10-11,18H,3-6H2,1H3,(H2,16,17,19). The normalized spacial score (nSPS) is 22.9. The molecule has 1 aromatic carbocycles. The highest BCUT2D eigenvalue weighted by molar-refractivity contribution is 6.33. The molecule has 0 aliphatic heterocycles. The molecule has 5 heteroatoms.